The van der Waals surface area contributed by atoms with E-state index >= 15 is 0 Å². The van der Waals surface area contributed by atoms with Crippen LogP contribution < -0.4 is 10.0 Å². The van der Waals surface area contributed by atoms with Gasteiger partial charge in [0.25, 0.3) is 14.4 Å². The van der Waals surface area contributed by atoms with Crippen LogP contribution in [0.3, 0.4) is 0 Å². The minimum Gasteiger partial charge on any atom is -0.301 e. The number of anilines is 2. The molecule has 0 unspecified atom stereocenters. The Bertz CT molecular complexity index is 794. The highest BCUT2D eigenvalue weighted by Crippen LogP contribution is 2.27. The smallest absolute Gasteiger partial charge is 0.291 e. The summed E-state index contributed by atoms with van der Waals surface area (Å²) in [5, 5.41) is 9.51. The summed E-state index contributed by atoms with van der Waals surface area (Å²) < 4.78 is 26.8. The Balaban J connectivity index is 2.28. The number of hydrogen-bond acceptors (Lipinski definition) is 7. The Hall–Kier alpha value is -1.30. The molecule has 2 N–H and O–H groups in total. The van der Waals surface area contributed by atoms with Crippen molar-refractivity contribution >= 4 is 65.6 Å². The maximum absolute atomic E-state index is 12.1. The Labute approximate surface area is 137 Å². The van der Waals surface area contributed by atoms with Crippen LogP contribution in [0, 0.1) is 0 Å². The van der Waals surface area contributed by atoms with E-state index in [4.69, 9.17) is 11.6 Å². The highest BCUT2D eigenvalue weighted by Gasteiger charge is 2.22. The minimum absolute atomic E-state index is 0.00613. The number of pyridine rings is 1. The SMILES string of the molecule is CC(=O)Nc1nnc(S(=O)(=O)Nc2cc(Br)cnc2Cl)s1. The summed E-state index contributed by atoms with van der Waals surface area (Å²) in [7, 11) is -3.97. The molecule has 1 amide bonds. The zero-order chi connectivity index (χ0) is 15.6. The van der Waals surface area contributed by atoms with Crippen LogP contribution in [0.5, 0.6) is 0 Å². The normalized spacial score (nSPS) is 11.2. The molecule has 21 heavy (non-hydrogen) atoms. The van der Waals surface area contributed by atoms with Gasteiger partial charge in [-0.05, 0) is 22.0 Å². The van der Waals surface area contributed by atoms with Crippen LogP contribution in [0.15, 0.2) is 21.1 Å². The third-order valence-corrected chi connectivity index (χ3v) is 5.28. The molecule has 8 nitrogen and oxygen atoms in total. The summed E-state index contributed by atoms with van der Waals surface area (Å²) in [5.41, 5.74) is 0.0994. The Morgan fingerprint density at radius 1 is 1.43 bits per heavy atom. The van der Waals surface area contributed by atoms with E-state index in [2.05, 4.69) is 41.2 Å². The number of amides is 1. The van der Waals surface area contributed by atoms with Gasteiger partial charge in [-0.1, -0.05) is 22.9 Å². The van der Waals surface area contributed by atoms with Gasteiger partial charge in [0.15, 0.2) is 5.15 Å². The molecule has 0 atom stereocenters. The first-order valence-corrected chi connectivity index (χ1v) is 8.70. The molecule has 0 saturated heterocycles. The number of halogens is 2. The largest absolute Gasteiger partial charge is 0.301 e. The highest BCUT2D eigenvalue weighted by atomic mass is 79.9. The summed E-state index contributed by atoms with van der Waals surface area (Å²) in [6.07, 6.45) is 1.43. The second-order valence-corrected chi connectivity index (χ2v) is 7.76. The lowest BCUT2D eigenvalue weighted by Crippen LogP contribution is -2.13. The van der Waals surface area contributed by atoms with Crippen molar-refractivity contribution in [1.82, 2.24) is 15.2 Å². The Kier molecular flexibility index (Phi) is 4.76. The first-order chi connectivity index (χ1) is 9.78. The molecule has 0 aliphatic carbocycles. The lowest BCUT2D eigenvalue weighted by molar-refractivity contribution is -0.114. The lowest BCUT2D eigenvalue weighted by atomic mass is 10.4. The standard InChI is InChI=1S/C9H7BrClN5O3S2/c1-4(17)13-8-14-15-9(20-8)21(18,19)16-6-2-5(10)3-12-7(6)11/h2-3,16H,1H3,(H,13,14,17). The van der Waals surface area contributed by atoms with E-state index < -0.39 is 10.0 Å². The van der Waals surface area contributed by atoms with Crippen LogP contribution >= 0.6 is 38.9 Å². The average Bonchev–Trinajstić information content (AvgIpc) is 2.82. The van der Waals surface area contributed by atoms with Crippen LogP contribution in [-0.2, 0) is 14.8 Å². The number of aromatic nitrogens is 3. The van der Waals surface area contributed by atoms with Gasteiger partial charge in [0, 0.05) is 17.6 Å². The summed E-state index contributed by atoms with van der Waals surface area (Å²) in [5.74, 6) is -0.373. The molecule has 2 rings (SSSR count). The van der Waals surface area contributed by atoms with Crippen LogP contribution in [0.4, 0.5) is 10.8 Å². The molecule has 0 aromatic carbocycles. The number of hydrogen-bond donors (Lipinski definition) is 2. The predicted octanol–water partition coefficient (Wildman–Crippen LogP) is 2.11. The van der Waals surface area contributed by atoms with Gasteiger partial charge in [-0.3, -0.25) is 9.52 Å². The minimum atomic E-state index is -3.97. The van der Waals surface area contributed by atoms with Crippen molar-refractivity contribution in [3.8, 4) is 0 Å². The summed E-state index contributed by atoms with van der Waals surface area (Å²) in [4.78, 5) is 14.7. The molecule has 0 bridgehead atoms. The van der Waals surface area contributed by atoms with Crippen molar-refractivity contribution in [1.29, 1.82) is 0 Å². The maximum atomic E-state index is 12.1. The molecule has 12 heteroatoms. The van der Waals surface area contributed by atoms with Crippen molar-refractivity contribution in [2.45, 2.75) is 11.3 Å². The molecule has 112 valence electrons. The third-order valence-electron chi connectivity index (χ3n) is 1.97. The highest BCUT2D eigenvalue weighted by molar-refractivity contribution is 9.10. The predicted molar refractivity (Wildman–Crippen MR) is 82.0 cm³/mol. The van der Waals surface area contributed by atoms with Crippen LogP contribution in [0.2, 0.25) is 5.15 Å². The number of nitrogens with one attached hydrogen (secondary N) is 2. The van der Waals surface area contributed by atoms with Crippen molar-refractivity contribution in [3.63, 3.8) is 0 Å². The summed E-state index contributed by atoms with van der Waals surface area (Å²) in [6.45, 7) is 1.28. The van der Waals surface area contributed by atoms with E-state index in [1.165, 1.54) is 19.2 Å². The first kappa shape index (κ1) is 16.1. The Morgan fingerprint density at radius 2 is 2.14 bits per heavy atom. The van der Waals surface area contributed by atoms with Crippen molar-refractivity contribution < 1.29 is 13.2 Å². The fraction of sp³-hybridized carbons (Fsp3) is 0.111. The summed E-state index contributed by atoms with van der Waals surface area (Å²) in [6, 6.07) is 1.46. The van der Waals surface area contributed by atoms with Gasteiger partial charge in [-0.25, -0.2) is 4.98 Å². The number of sulfonamides is 1. The second-order valence-electron chi connectivity index (χ2n) is 3.65. The quantitative estimate of drug-likeness (QED) is 0.587. The zero-order valence-electron chi connectivity index (χ0n) is 10.3. The van der Waals surface area contributed by atoms with Gasteiger partial charge >= 0.3 is 0 Å². The topological polar surface area (TPSA) is 114 Å². The van der Waals surface area contributed by atoms with E-state index in [0.717, 1.165) is 11.3 Å². The zero-order valence-corrected chi connectivity index (χ0v) is 14.3. The van der Waals surface area contributed by atoms with Gasteiger partial charge in [-0.2, -0.15) is 8.42 Å². The van der Waals surface area contributed by atoms with E-state index in [9.17, 15) is 13.2 Å². The van der Waals surface area contributed by atoms with Gasteiger partial charge in [-0.15, -0.1) is 10.2 Å². The van der Waals surface area contributed by atoms with Crippen LogP contribution in [0.1, 0.15) is 6.92 Å². The molecular weight excluding hydrogens is 406 g/mol. The van der Waals surface area contributed by atoms with Crippen LogP contribution in [0.25, 0.3) is 0 Å². The van der Waals surface area contributed by atoms with Crippen molar-refractivity contribution in [3.05, 3.63) is 21.9 Å². The van der Waals surface area contributed by atoms with Gasteiger partial charge in [0.2, 0.25) is 11.0 Å². The van der Waals surface area contributed by atoms with Gasteiger partial charge in [0.05, 0.1) is 5.69 Å². The number of nitrogens with zero attached hydrogens (tertiary/aromatic N) is 3. The monoisotopic (exact) mass is 411 g/mol. The van der Waals surface area contributed by atoms with E-state index in [1.807, 2.05) is 0 Å². The maximum Gasteiger partial charge on any atom is 0.291 e. The van der Waals surface area contributed by atoms with Crippen LogP contribution in [-0.4, -0.2) is 29.5 Å². The molecule has 0 fully saturated rings. The number of rotatable bonds is 4. The van der Waals surface area contributed by atoms with E-state index in [1.54, 1.807) is 0 Å². The summed E-state index contributed by atoms with van der Waals surface area (Å²) >= 11 is 9.70. The molecule has 2 aromatic rings. The third kappa shape index (κ3) is 4.09. The number of carbonyl (C=O) groups is 1. The average molecular weight is 413 g/mol. The van der Waals surface area contributed by atoms with E-state index in [0.29, 0.717) is 4.47 Å². The molecular formula is C9H7BrClN5O3S2. The molecule has 0 aliphatic rings. The van der Waals surface area contributed by atoms with Gasteiger partial charge < -0.3 is 5.32 Å². The van der Waals surface area contributed by atoms with Crippen molar-refractivity contribution in [2.24, 2.45) is 0 Å². The number of carbonyl (C=O) groups excluding carboxylic acids is 1. The van der Waals surface area contributed by atoms with Crippen molar-refractivity contribution in [2.75, 3.05) is 10.0 Å². The molecule has 0 radical (unpaired) electrons. The Morgan fingerprint density at radius 3 is 2.81 bits per heavy atom. The molecule has 0 saturated carbocycles. The molecule has 0 spiro atoms. The first-order valence-electron chi connectivity index (χ1n) is 5.23. The fourth-order valence-electron chi connectivity index (χ4n) is 1.20. The van der Waals surface area contributed by atoms with E-state index in [-0.39, 0.29) is 26.2 Å². The molecule has 0 aliphatic heterocycles. The lowest BCUT2D eigenvalue weighted by Gasteiger charge is -2.06. The molecule has 2 heterocycles. The van der Waals surface area contributed by atoms with Gasteiger partial charge in [0.1, 0.15) is 0 Å². The second kappa shape index (κ2) is 6.22. The molecule has 2 aromatic heterocycles. The fourth-order valence-corrected chi connectivity index (χ4v) is 3.74.